The molecule has 1 fully saturated rings. The van der Waals surface area contributed by atoms with E-state index in [9.17, 15) is 4.79 Å². The predicted octanol–water partition coefficient (Wildman–Crippen LogP) is 1.28. The van der Waals surface area contributed by atoms with E-state index in [2.05, 4.69) is 6.58 Å². The second-order valence-electron chi connectivity index (χ2n) is 3.09. The second-order valence-corrected chi connectivity index (χ2v) is 3.09. The lowest BCUT2D eigenvalue weighted by Crippen LogP contribution is -2.39. The molecule has 1 rings (SSSR count). The molecule has 1 heterocycles. The van der Waals surface area contributed by atoms with Gasteiger partial charge in [0.25, 0.3) is 0 Å². The highest BCUT2D eigenvalue weighted by Gasteiger charge is 2.27. The lowest BCUT2D eigenvalue weighted by atomic mass is 10.1. The van der Waals surface area contributed by atoms with Crippen LogP contribution < -0.4 is 0 Å². The summed E-state index contributed by atoms with van der Waals surface area (Å²) in [5.74, 6) is -0.335. The summed E-state index contributed by atoms with van der Waals surface area (Å²) in [7, 11) is 0. The van der Waals surface area contributed by atoms with Crippen molar-refractivity contribution in [1.29, 1.82) is 0 Å². The first kappa shape index (κ1) is 9.26. The van der Waals surface area contributed by atoms with Gasteiger partial charge in [-0.25, -0.2) is 4.79 Å². The van der Waals surface area contributed by atoms with Crippen LogP contribution in [-0.2, 0) is 14.3 Å². The topological polar surface area (TPSA) is 35.5 Å². The molecular weight excluding hydrogens is 156 g/mol. The molecule has 12 heavy (non-hydrogen) atoms. The number of esters is 1. The number of ether oxygens (including phenoxy) is 2. The molecule has 0 radical (unpaired) electrons. The fourth-order valence-electron chi connectivity index (χ4n) is 0.969. The summed E-state index contributed by atoms with van der Waals surface area (Å²) in [5.41, 5.74) is 0.432. The van der Waals surface area contributed by atoms with Gasteiger partial charge in [0, 0.05) is 18.6 Å². The quantitative estimate of drug-likeness (QED) is 0.473. The van der Waals surface area contributed by atoms with E-state index < -0.39 is 0 Å². The second kappa shape index (κ2) is 3.72. The third kappa shape index (κ3) is 2.08. The van der Waals surface area contributed by atoms with Crippen molar-refractivity contribution in [3.8, 4) is 0 Å². The molecule has 2 unspecified atom stereocenters. The van der Waals surface area contributed by atoms with Crippen LogP contribution in [-0.4, -0.2) is 24.8 Å². The first-order chi connectivity index (χ1) is 5.61. The van der Waals surface area contributed by atoms with Gasteiger partial charge in [-0.1, -0.05) is 6.58 Å². The summed E-state index contributed by atoms with van der Waals surface area (Å²) < 4.78 is 10.2. The van der Waals surface area contributed by atoms with Crippen molar-refractivity contribution < 1.29 is 14.3 Å². The van der Waals surface area contributed by atoms with Crippen molar-refractivity contribution in [2.45, 2.75) is 32.5 Å². The summed E-state index contributed by atoms with van der Waals surface area (Å²) in [5, 5.41) is 0. The zero-order valence-electron chi connectivity index (χ0n) is 7.50. The minimum atomic E-state index is -0.335. The maximum absolute atomic E-state index is 11.0. The molecule has 0 bridgehead atoms. The Bertz CT molecular complexity index is 194. The Hall–Kier alpha value is -0.830. The third-order valence-corrected chi connectivity index (χ3v) is 1.90. The monoisotopic (exact) mass is 170 g/mol. The molecule has 0 aliphatic carbocycles. The zero-order valence-corrected chi connectivity index (χ0v) is 7.50. The molecule has 3 nitrogen and oxygen atoms in total. The first-order valence-corrected chi connectivity index (χ1v) is 4.09. The lowest BCUT2D eigenvalue weighted by molar-refractivity contribution is -0.163. The van der Waals surface area contributed by atoms with Gasteiger partial charge in [0.1, 0.15) is 6.10 Å². The largest absolute Gasteiger partial charge is 0.457 e. The molecule has 0 spiro atoms. The van der Waals surface area contributed by atoms with E-state index in [0.717, 1.165) is 13.0 Å². The summed E-state index contributed by atoms with van der Waals surface area (Å²) in [4.78, 5) is 11.0. The van der Waals surface area contributed by atoms with E-state index in [0.29, 0.717) is 5.57 Å². The Kier molecular flexibility index (Phi) is 2.87. The molecule has 2 atom stereocenters. The molecule has 1 aliphatic heterocycles. The number of hydrogen-bond acceptors (Lipinski definition) is 3. The van der Waals surface area contributed by atoms with Crippen LogP contribution in [0.5, 0.6) is 0 Å². The van der Waals surface area contributed by atoms with Crippen LogP contribution in [0.3, 0.4) is 0 Å². The molecule has 1 saturated heterocycles. The van der Waals surface area contributed by atoms with Crippen molar-refractivity contribution in [2.75, 3.05) is 6.61 Å². The van der Waals surface area contributed by atoms with Gasteiger partial charge in [-0.05, 0) is 13.8 Å². The van der Waals surface area contributed by atoms with Crippen molar-refractivity contribution in [2.24, 2.45) is 0 Å². The first-order valence-electron chi connectivity index (χ1n) is 4.09. The maximum atomic E-state index is 11.0. The molecule has 0 saturated carbocycles. The van der Waals surface area contributed by atoms with Crippen LogP contribution in [0.1, 0.15) is 20.3 Å². The molecule has 68 valence electrons. The van der Waals surface area contributed by atoms with Crippen LogP contribution >= 0.6 is 0 Å². The number of hydrogen-bond donors (Lipinski definition) is 0. The van der Waals surface area contributed by atoms with E-state index in [1.165, 1.54) is 0 Å². The van der Waals surface area contributed by atoms with Gasteiger partial charge < -0.3 is 9.47 Å². The van der Waals surface area contributed by atoms with E-state index in [1.807, 2.05) is 6.92 Å². The van der Waals surface area contributed by atoms with Gasteiger partial charge in [-0.3, -0.25) is 0 Å². The summed E-state index contributed by atoms with van der Waals surface area (Å²) in [6.45, 7) is 7.75. The van der Waals surface area contributed by atoms with Crippen molar-refractivity contribution in [3.63, 3.8) is 0 Å². The number of carbonyl (C=O) groups is 1. The summed E-state index contributed by atoms with van der Waals surface area (Å²) >= 11 is 0. The van der Waals surface area contributed by atoms with Crippen molar-refractivity contribution in [1.82, 2.24) is 0 Å². The summed E-state index contributed by atoms with van der Waals surface area (Å²) in [6.07, 6.45) is 0.918. The molecule has 0 aromatic heterocycles. The van der Waals surface area contributed by atoms with Gasteiger partial charge in [-0.2, -0.15) is 0 Å². The van der Waals surface area contributed by atoms with E-state index in [4.69, 9.17) is 9.47 Å². The Morgan fingerprint density at radius 2 is 2.33 bits per heavy atom. The minimum absolute atomic E-state index is 0.0910. The molecular formula is C9H14O3. The van der Waals surface area contributed by atoms with Crippen LogP contribution in [0.15, 0.2) is 12.2 Å². The Labute approximate surface area is 72.4 Å². The number of carbonyl (C=O) groups excluding carboxylic acids is 1. The molecule has 0 aromatic rings. The normalized spacial score (nSPS) is 24.0. The molecule has 0 amide bonds. The van der Waals surface area contributed by atoms with Crippen LogP contribution in [0, 0.1) is 0 Å². The number of rotatable bonds is 3. The van der Waals surface area contributed by atoms with Crippen LogP contribution in [0.4, 0.5) is 0 Å². The highest BCUT2D eigenvalue weighted by Crippen LogP contribution is 2.17. The predicted molar refractivity (Wildman–Crippen MR) is 44.7 cm³/mol. The van der Waals surface area contributed by atoms with Crippen LogP contribution in [0.2, 0.25) is 0 Å². The van der Waals surface area contributed by atoms with Crippen LogP contribution in [0.25, 0.3) is 0 Å². The van der Waals surface area contributed by atoms with E-state index in [1.54, 1.807) is 6.92 Å². The third-order valence-electron chi connectivity index (χ3n) is 1.90. The van der Waals surface area contributed by atoms with Gasteiger partial charge in [-0.15, -0.1) is 0 Å². The van der Waals surface area contributed by atoms with Gasteiger partial charge in [0.15, 0.2) is 0 Å². The standard InChI is InChI=1S/C9H14O3/c1-6(2)9(10)12-7(3)8-4-5-11-8/h7-8H,1,4-5H2,2-3H3. The van der Waals surface area contributed by atoms with Crippen molar-refractivity contribution in [3.05, 3.63) is 12.2 Å². The average molecular weight is 170 g/mol. The zero-order chi connectivity index (χ0) is 9.14. The Morgan fingerprint density at radius 3 is 2.67 bits per heavy atom. The molecule has 0 aromatic carbocycles. The van der Waals surface area contributed by atoms with E-state index in [-0.39, 0.29) is 18.2 Å². The van der Waals surface area contributed by atoms with Gasteiger partial charge >= 0.3 is 5.97 Å². The maximum Gasteiger partial charge on any atom is 0.333 e. The smallest absolute Gasteiger partial charge is 0.333 e. The average Bonchev–Trinajstić information content (AvgIpc) is 1.82. The highest BCUT2D eigenvalue weighted by molar-refractivity contribution is 5.87. The fraction of sp³-hybridized carbons (Fsp3) is 0.667. The van der Waals surface area contributed by atoms with E-state index >= 15 is 0 Å². The Balaban J connectivity index is 2.29. The highest BCUT2D eigenvalue weighted by atomic mass is 16.6. The van der Waals surface area contributed by atoms with Gasteiger partial charge in [0.2, 0.25) is 0 Å². The fourth-order valence-corrected chi connectivity index (χ4v) is 0.969. The summed E-state index contributed by atoms with van der Waals surface area (Å²) in [6, 6.07) is 0. The molecule has 3 heteroatoms. The molecule has 1 aliphatic rings. The minimum Gasteiger partial charge on any atom is -0.457 e. The molecule has 0 N–H and O–H groups in total. The Morgan fingerprint density at radius 1 is 1.75 bits per heavy atom. The van der Waals surface area contributed by atoms with Gasteiger partial charge in [0.05, 0.1) is 6.10 Å². The van der Waals surface area contributed by atoms with Crippen molar-refractivity contribution >= 4 is 5.97 Å². The lowest BCUT2D eigenvalue weighted by Gasteiger charge is -2.31. The SMILES string of the molecule is C=C(C)C(=O)OC(C)C1CCO1.